The van der Waals surface area contributed by atoms with Gasteiger partial charge in [-0.05, 0) is 68.8 Å². The van der Waals surface area contributed by atoms with Gasteiger partial charge in [0.2, 0.25) is 0 Å². The summed E-state index contributed by atoms with van der Waals surface area (Å²) in [4.78, 5) is 2.61. The van der Waals surface area contributed by atoms with Crippen molar-refractivity contribution in [2.75, 3.05) is 32.0 Å². The maximum Gasteiger partial charge on any atom is 0.142 e. The van der Waals surface area contributed by atoms with Gasteiger partial charge in [-0.15, -0.1) is 0 Å². The number of nitrogens with two attached hydrogens (primary N) is 1. The molecule has 1 aliphatic heterocycles. The lowest BCUT2D eigenvalue weighted by molar-refractivity contribution is 0.182. The number of hydrogen-bond acceptors (Lipinski definition) is 3. The van der Waals surface area contributed by atoms with Crippen LogP contribution in [0.25, 0.3) is 0 Å². The summed E-state index contributed by atoms with van der Waals surface area (Å²) in [5.41, 5.74) is 8.15. The molecule has 1 aromatic carbocycles. The molecule has 0 saturated carbocycles. The molecular formula is C18H30N2O. The molecule has 1 atom stereocenters. The van der Waals surface area contributed by atoms with Crippen molar-refractivity contribution in [3.63, 3.8) is 0 Å². The van der Waals surface area contributed by atoms with Crippen LogP contribution < -0.4 is 10.5 Å². The SMILES string of the molecule is CCCOc1ccc(CCCN2CCCC(C)C2)cc1N. The standard InChI is InChI=1S/C18H30N2O/c1-3-12-21-18-9-8-16(13-17(18)19)7-5-11-20-10-4-6-15(2)14-20/h8-9,13,15H,3-7,10-12,14,19H2,1-2H3. The van der Waals surface area contributed by atoms with E-state index in [0.717, 1.165) is 36.8 Å². The smallest absolute Gasteiger partial charge is 0.142 e. The summed E-state index contributed by atoms with van der Waals surface area (Å²) < 4.78 is 5.62. The highest BCUT2D eigenvalue weighted by molar-refractivity contribution is 5.54. The predicted molar refractivity (Wildman–Crippen MR) is 89.8 cm³/mol. The molecule has 1 aromatic rings. The lowest BCUT2D eigenvalue weighted by Gasteiger charge is -2.30. The Morgan fingerprint density at radius 1 is 1.38 bits per heavy atom. The van der Waals surface area contributed by atoms with E-state index in [9.17, 15) is 0 Å². The van der Waals surface area contributed by atoms with Gasteiger partial charge >= 0.3 is 0 Å². The van der Waals surface area contributed by atoms with Gasteiger partial charge in [0, 0.05) is 6.54 Å². The quantitative estimate of drug-likeness (QED) is 0.778. The highest BCUT2D eigenvalue weighted by Gasteiger charge is 2.15. The average molecular weight is 290 g/mol. The Balaban J connectivity index is 1.76. The van der Waals surface area contributed by atoms with Crippen molar-refractivity contribution in [3.05, 3.63) is 23.8 Å². The zero-order valence-corrected chi connectivity index (χ0v) is 13.6. The minimum absolute atomic E-state index is 0.733. The molecule has 1 aliphatic rings. The van der Waals surface area contributed by atoms with Crippen LogP contribution in [0.2, 0.25) is 0 Å². The molecule has 1 fully saturated rings. The van der Waals surface area contributed by atoms with Gasteiger partial charge in [-0.25, -0.2) is 0 Å². The van der Waals surface area contributed by atoms with Gasteiger partial charge in [-0.1, -0.05) is 19.9 Å². The number of piperidine rings is 1. The molecule has 0 amide bonds. The zero-order chi connectivity index (χ0) is 15.1. The van der Waals surface area contributed by atoms with Crippen LogP contribution in [0.3, 0.4) is 0 Å². The molecule has 1 heterocycles. The van der Waals surface area contributed by atoms with E-state index in [1.165, 1.54) is 44.5 Å². The summed E-state index contributed by atoms with van der Waals surface area (Å²) in [5, 5.41) is 0. The number of rotatable bonds is 7. The van der Waals surface area contributed by atoms with Crippen molar-refractivity contribution in [3.8, 4) is 5.75 Å². The fourth-order valence-electron chi connectivity index (χ4n) is 3.09. The first-order chi connectivity index (χ1) is 10.2. The Morgan fingerprint density at radius 2 is 2.24 bits per heavy atom. The summed E-state index contributed by atoms with van der Waals surface area (Å²) in [5.74, 6) is 1.69. The second kappa shape index (κ2) is 8.28. The summed E-state index contributed by atoms with van der Waals surface area (Å²) in [7, 11) is 0. The topological polar surface area (TPSA) is 38.5 Å². The Labute approximate surface area is 129 Å². The van der Waals surface area contributed by atoms with Gasteiger partial charge in [-0.2, -0.15) is 0 Å². The van der Waals surface area contributed by atoms with E-state index >= 15 is 0 Å². The van der Waals surface area contributed by atoms with Crippen LogP contribution in [0, 0.1) is 5.92 Å². The van der Waals surface area contributed by atoms with Crippen molar-refractivity contribution >= 4 is 5.69 Å². The van der Waals surface area contributed by atoms with Crippen LogP contribution in [-0.4, -0.2) is 31.1 Å². The molecule has 2 N–H and O–H groups in total. The molecule has 2 rings (SSSR count). The van der Waals surface area contributed by atoms with Gasteiger partial charge in [0.1, 0.15) is 5.75 Å². The molecule has 0 spiro atoms. The van der Waals surface area contributed by atoms with E-state index in [2.05, 4.69) is 30.9 Å². The average Bonchev–Trinajstić information content (AvgIpc) is 2.46. The number of nitrogens with zero attached hydrogens (tertiary/aromatic N) is 1. The fraction of sp³-hybridized carbons (Fsp3) is 0.667. The van der Waals surface area contributed by atoms with E-state index in [-0.39, 0.29) is 0 Å². The van der Waals surface area contributed by atoms with Crippen molar-refractivity contribution in [1.82, 2.24) is 4.90 Å². The van der Waals surface area contributed by atoms with Crippen LogP contribution in [0.5, 0.6) is 5.75 Å². The summed E-state index contributed by atoms with van der Waals surface area (Å²) in [6.45, 7) is 8.95. The molecular weight excluding hydrogens is 260 g/mol. The maximum atomic E-state index is 6.06. The van der Waals surface area contributed by atoms with Gasteiger partial charge in [-0.3, -0.25) is 0 Å². The number of hydrogen-bond donors (Lipinski definition) is 1. The van der Waals surface area contributed by atoms with Crippen LogP contribution >= 0.6 is 0 Å². The van der Waals surface area contributed by atoms with Crippen molar-refractivity contribution in [1.29, 1.82) is 0 Å². The first kappa shape index (κ1) is 16.2. The number of ether oxygens (including phenoxy) is 1. The molecule has 21 heavy (non-hydrogen) atoms. The van der Waals surface area contributed by atoms with E-state index < -0.39 is 0 Å². The third-order valence-electron chi connectivity index (χ3n) is 4.22. The Hall–Kier alpha value is -1.22. The van der Waals surface area contributed by atoms with Gasteiger partial charge in [0.25, 0.3) is 0 Å². The summed E-state index contributed by atoms with van der Waals surface area (Å²) >= 11 is 0. The first-order valence-corrected chi connectivity index (χ1v) is 8.42. The molecule has 1 saturated heterocycles. The lowest BCUT2D eigenvalue weighted by atomic mass is 10.00. The number of anilines is 1. The second-order valence-corrected chi connectivity index (χ2v) is 6.37. The highest BCUT2D eigenvalue weighted by atomic mass is 16.5. The normalized spacial score (nSPS) is 19.6. The van der Waals surface area contributed by atoms with Crippen LogP contribution in [0.15, 0.2) is 18.2 Å². The largest absolute Gasteiger partial charge is 0.491 e. The van der Waals surface area contributed by atoms with Crippen molar-refractivity contribution in [2.24, 2.45) is 5.92 Å². The molecule has 0 bridgehead atoms. The lowest BCUT2D eigenvalue weighted by Crippen LogP contribution is -2.35. The summed E-state index contributed by atoms with van der Waals surface area (Å²) in [6, 6.07) is 6.24. The second-order valence-electron chi connectivity index (χ2n) is 6.37. The van der Waals surface area contributed by atoms with E-state index in [0.29, 0.717) is 0 Å². The number of aryl methyl sites for hydroxylation is 1. The Bertz CT molecular complexity index is 433. The fourth-order valence-corrected chi connectivity index (χ4v) is 3.09. The first-order valence-electron chi connectivity index (χ1n) is 8.42. The Morgan fingerprint density at radius 3 is 2.95 bits per heavy atom. The maximum absolute atomic E-state index is 6.06. The van der Waals surface area contributed by atoms with Gasteiger partial charge in [0.05, 0.1) is 12.3 Å². The minimum Gasteiger partial charge on any atom is -0.491 e. The van der Waals surface area contributed by atoms with Crippen molar-refractivity contribution < 1.29 is 4.74 Å². The number of benzene rings is 1. The number of likely N-dealkylation sites (tertiary alicyclic amines) is 1. The monoisotopic (exact) mass is 290 g/mol. The van der Waals surface area contributed by atoms with E-state index in [1.807, 2.05) is 6.07 Å². The van der Waals surface area contributed by atoms with Crippen LogP contribution in [0.4, 0.5) is 5.69 Å². The van der Waals surface area contributed by atoms with Crippen molar-refractivity contribution in [2.45, 2.75) is 46.0 Å². The molecule has 118 valence electrons. The molecule has 3 nitrogen and oxygen atoms in total. The third kappa shape index (κ3) is 5.24. The minimum atomic E-state index is 0.733. The van der Waals surface area contributed by atoms with Gasteiger partial charge in [0.15, 0.2) is 0 Å². The highest BCUT2D eigenvalue weighted by Crippen LogP contribution is 2.23. The van der Waals surface area contributed by atoms with E-state index in [4.69, 9.17) is 10.5 Å². The van der Waals surface area contributed by atoms with E-state index in [1.54, 1.807) is 0 Å². The molecule has 0 aliphatic carbocycles. The number of nitrogen functional groups attached to an aromatic ring is 1. The van der Waals surface area contributed by atoms with Crippen LogP contribution in [-0.2, 0) is 6.42 Å². The molecule has 0 aromatic heterocycles. The molecule has 3 heteroatoms. The third-order valence-corrected chi connectivity index (χ3v) is 4.22. The molecule has 1 unspecified atom stereocenters. The predicted octanol–water partition coefficient (Wildman–Crippen LogP) is 3.72. The Kier molecular flexibility index (Phi) is 6.37. The van der Waals surface area contributed by atoms with Gasteiger partial charge < -0.3 is 15.4 Å². The zero-order valence-electron chi connectivity index (χ0n) is 13.6. The van der Waals surface area contributed by atoms with Crippen LogP contribution in [0.1, 0.15) is 45.1 Å². The summed E-state index contributed by atoms with van der Waals surface area (Å²) in [6.07, 6.45) is 6.07. The molecule has 0 radical (unpaired) electrons.